The molecule has 3 amide bonds. The van der Waals surface area contributed by atoms with Gasteiger partial charge in [0.1, 0.15) is 22.9 Å². The Labute approximate surface area is 230 Å². The fourth-order valence-electron chi connectivity index (χ4n) is 3.18. The van der Waals surface area contributed by atoms with Crippen molar-refractivity contribution in [2.45, 2.75) is 11.8 Å². The van der Waals surface area contributed by atoms with E-state index in [9.17, 15) is 22.8 Å². The summed E-state index contributed by atoms with van der Waals surface area (Å²) in [5, 5.41) is 5.01. The lowest BCUT2D eigenvalue weighted by molar-refractivity contribution is 0.0914. The van der Waals surface area contributed by atoms with Crippen molar-refractivity contribution >= 4 is 39.3 Å². The largest absolute Gasteiger partial charge is 0.492 e. The van der Waals surface area contributed by atoms with Crippen LogP contribution in [0.15, 0.2) is 71.8 Å². The topological polar surface area (TPSA) is 153 Å². The fourth-order valence-corrected chi connectivity index (χ4v) is 4.70. The number of benzene rings is 2. The number of aromatic nitrogens is 1. The number of nitrogens with one attached hydrogen (secondary N) is 3. The second kappa shape index (κ2) is 14.2. The zero-order chi connectivity index (χ0) is 28.3. The minimum atomic E-state index is -4.38. The van der Waals surface area contributed by atoms with Crippen LogP contribution in [-0.4, -0.2) is 64.0 Å². The molecule has 0 saturated heterocycles. The van der Waals surface area contributed by atoms with Crippen molar-refractivity contribution < 1.29 is 32.3 Å². The van der Waals surface area contributed by atoms with Crippen LogP contribution in [0.3, 0.4) is 0 Å². The van der Waals surface area contributed by atoms with Gasteiger partial charge in [0.25, 0.3) is 27.7 Å². The second-order valence-corrected chi connectivity index (χ2v) is 9.94. The lowest BCUT2D eigenvalue weighted by Gasteiger charge is -2.11. The molecule has 1 heterocycles. The zero-order valence-electron chi connectivity index (χ0n) is 21.0. The number of carbonyl (C=O) groups excluding carboxylic acids is 3. The first kappa shape index (κ1) is 29.6. The number of nitrogens with zero attached hydrogens (tertiary/aromatic N) is 1. The van der Waals surface area contributed by atoms with E-state index in [-0.39, 0.29) is 39.9 Å². The minimum absolute atomic E-state index is 0.0504. The number of sulfonamides is 1. The molecule has 0 unspecified atom stereocenters. The third kappa shape index (κ3) is 8.77. The monoisotopic (exact) mass is 574 g/mol. The van der Waals surface area contributed by atoms with E-state index in [1.807, 2.05) is 29.8 Å². The average molecular weight is 575 g/mol. The lowest BCUT2D eigenvalue weighted by atomic mass is 10.2. The van der Waals surface area contributed by atoms with Crippen LogP contribution in [0.25, 0.3) is 0 Å². The molecule has 0 aliphatic carbocycles. The smallest absolute Gasteiger partial charge is 0.269 e. The highest BCUT2D eigenvalue weighted by molar-refractivity contribution is 7.90. The number of hydrogen-bond acceptors (Lipinski definition) is 8. The minimum Gasteiger partial charge on any atom is -0.492 e. The number of amides is 3. The molecular weight excluding hydrogens is 548 g/mol. The molecule has 0 bridgehead atoms. The maximum Gasteiger partial charge on any atom is 0.269 e. The molecule has 0 saturated carbocycles. The summed E-state index contributed by atoms with van der Waals surface area (Å²) in [5.74, 6) is -1.25. The van der Waals surface area contributed by atoms with E-state index in [2.05, 4.69) is 15.6 Å². The van der Waals surface area contributed by atoms with Crippen LogP contribution < -0.4 is 20.1 Å². The van der Waals surface area contributed by atoms with Crippen molar-refractivity contribution in [3.05, 3.63) is 88.7 Å². The zero-order valence-corrected chi connectivity index (χ0v) is 22.5. The molecule has 0 radical (unpaired) electrons. The molecule has 39 heavy (non-hydrogen) atoms. The van der Waals surface area contributed by atoms with Gasteiger partial charge in [-0.15, -0.1) is 0 Å². The summed E-state index contributed by atoms with van der Waals surface area (Å²) in [6, 6.07) is 15.2. The van der Waals surface area contributed by atoms with E-state index in [4.69, 9.17) is 21.1 Å². The number of halogens is 1. The van der Waals surface area contributed by atoms with E-state index < -0.39 is 27.7 Å². The lowest BCUT2D eigenvalue weighted by Crippen LogP contribution is -2.31. The Morgan fingerprint density at radius 1 is 0.872 bits per heavy atom. The van der Waals surface area contributed by atoms with Crippen molar-refractivity contribution in [2.24, 2.45) is 0 Å². The van der Waals surface area contributed by atoms with Crippen LogP contribution in [0.5, 0.6) is 5.75 Å². The van der Waals surface area contributed by atoms with Crippen LogP contribution in [0.4, 0.5) is 0 Å². The Morgan fingerprint density at radius 2 is 1.56 bits per heavy atom. The first-order chi connectivity index (χ1) is 18.7. The van der Waals surface area contributed by atoms with Gasteiger partial charge >= 0.3 is 0 Å². The van der Waals surface area contributed by atoms with Gasteiger partial charge in [0.2, 0.25) is 0 Å². The first-order valence-electron chi connectivity index (χ1n) is 11.9. The SMILES string of the molecule is CCOCCNC(=O)c1ccc(C(=O)NS(=O)(=O)c2ccc(C(=O)NCCOc3ccccc3)cc2Cl)cn1. The van der Waals surface area contributed by atoms with E-state index in [1.165, 1.54) is 24.3 Å². The Balaban J connectivity index is 1.56. The normalized spacial score (nSPS) is 10.9. The van der Waals surface area contributed by atoms with Crippen LogP contribution >= 0.6 is 11.6 Å². The maximum atomic E-state index is 12.8. The molecule has 0 aliphatic rings. The van der Waals surface area contributed by atoms with E-state index in [0.29, 0.717) is 25.5 Å². The van der Waals surface area contributed by atoms with Gasteiger partial charge in [-0.2, -0.15) is 0 Å². The fraction of sp³-hybridized carbons (Fsp3) is 0.231. The van der Waals surface area contributed by atoms with Gasteiger partial charge in [-0.05, 0) is 49.4 Å². The summed E-state index contributed by atoms with van der Waals surface area (Å²) in [6.07, 6.45) is 1.08. The molecule has 0 spiro atoms. The molecule has 0 atom stereocenters. The molecule has 3 N–H and O–H groups in total. The summed E-state index contributed by atoms with van der Waals surface area (Å²) in [4.78, 5) is 40.5. The molecule has 206 valence electrons. The number of para-hydroxylation sites is 1. The van der Waals surface area contributed by atoms with Gasteiger partial charge in [-0.1, -0.05) is 29.8 Å². The highest BCUT2D eigenvalue weighted by Crippen LogP contribution is 2.23. The van der Waals surface area contributed by atoms with Gasteiger partial charge < -0.3 is 20.1 Å². The molecule has 1 aromatic heterocycles. The molecule has 13 heteroatoms. The molecule has 2 aromatic carbocycles. The molecule has 0 aliphatic heterocycles. The Kier molecular flexibility index (Phi) is 10.8. The summed E-state index contributed by atoms with van der Waals surface area (Å²) in [6.45, 7) is 3.44. The highest BCUT2D eigenvalue weighted by atomic mass is 35.5. The predicted octanol–water partition coefficient (Wildman–Crippen LogP) is 2.43. The van der Waals surface area contributed by atoms with E-state index in [0.717, 1.165) is 12.3 Å². The summed E-state index contributed by atoms with van der Waals surface area (Å²) >= 11 is 6.14. The van der Waals surface area contributed by atoms with Gasteiger partial charge in [-0.3, -0.25) is 19.4 Å². The predicted molar refractivity (Wildman–Crippen MR) is 143 cm³/mol. The molecule has 11 nitrogen and oxygen atoms in total. The maximum absolute atomic E-state index is 12.8. The van der Waals surface area contributed by atoms with E-state index >= 15 is 0 Å². The third-order valence-electron chi connectivity index (χ3n) is 5.10. The Morgan fingerprint density at radius 3 is 2.23 bits per heavy atom. The number of rotatable bonds is 13. The van der Waals surface area contributed by atoms with E-state index in [1.54, 1.807) is 12.1 Å². The second-order valence-electron chi connectivity index (χ2n) is 7.88. The summed E-state index contributed by atoms with van der Waals surface area (Å²) in [7, 11) is -4.38. The van der Waals surface area contributed by atoms with Crippen LogP contribution in [0, 0.1) is 0 Å². The third-order valence-corrected chi connectivity index (χ3v) is 6.92. The van der Waals surface area contributed by atoms with Crippen molar-refractivity contribution in [2.75, 3.05) is 32.9 Å². The van der Waals surface area contributed by atoms with Gasteiger partial charge in [0, 0.05) is 24.9 Å². The van der Waals surface area contributed by atoms with Crippen molar-refractivity contribution in [3.8, 4) is 5.75 Å². The Bertz CT molecular complexity index is 1400. The number of ether oxygens (including phenoxy) is 2. The van der Waals surface area contributed by atoms with Crippen LogP contribution in [0.1, 0.15) is 38.1 Å². The highest BCUT2D eigenvalue weighted by Gasteiger charge is 2.23. The van der Waals surface area contributed by atoms with Gasteiger partial charge in [0.15, 0.2) is 0 Å². The number of hydrogen-bond donors (Lipinski definition) is 3. The van der Waals surface area contributed by atoms with Gasteiger partial charge in [-0.25, -0.2) is 13.1 Å². The summed E-state index contributed by atoms with van der Waals surface area (Å²) in [5.41, 5.74) is 0.0908. The van der Waals surface area contributed by atoms with Crippen molar-refractivity contribution in [3.63, 3.8) is 0 Å². The number of pyridine rings is 1. The van der Waals surface area contributed by atoms with Crippen LogP contribution in [-0.2, 0) is 14.8 Å². The van der Waals surface area contributed by atoms with Crippen molar-refractivity contribution in [1.29, 1.82) is 0 Å². The molecule has 3 rings (SSSR count). The van der Waals surface area contributed by atoms with Crippen molar-refractivity contribution in [1.82, 2.24) is 20.3 Å². The summed E-state index contributed by atoms with van der Waals surface area (Å²) < 4.78 is 38.1. The molecule has 3 aromatic rings. The molecule has 0 fully saturated rings. The average Bonchev–Trinajstić information content (AvgIpc) is 2.93. The first-order valence-corrected chi connectivity index (χ1v) is 13.7. The van der Waals surface area contributed by atoms with Gasteiger partial charge in [0.05, 0.1) is 23.7 Å². The number of carbonyl (C=O) groups is 3. The van der Waals surface area contributed by atoms with Crippen LogP contribution in [0.2, 0.25) is 5.02 Å². The quantitative estimate of drug-likeness (QED) is 0.263. The Hall–Kier alpha value is -4.00. The standard InChI is InChI=1S/C26H27ClN4O7S/c1-2-37-14-12-29-26(34)22-10-8-19(17-30-22)25(33)31-39(35,36)23-11-9-18(16-21(23)27)24(32)28-13-15-38-20-6-4-3-5-7-20/h3-11,16-17H,2,12-15H2,1H3,(H,28,32)(H,29,34)(H,31,33). The molecular formula is C26H27ClN4O7S.